The van der Waals surface area contributed by atoms with Crippen LogP contribution >= 0.6 is 23.4 Å². The van der Waals surface area contributed by atoms with E-state index in [2.05, 4.69) is 0 Å². The van der Waals surface area contributed by atoms with Gasteiger partial charge in [0.1, 0.15) is 5.75 Å². The van der Waals surface area contributed by atoms with Gasteiger partial charge in [-0.25, -0.2) is 0 Å². The van der Waals surface area contributed by atoms with E-state index < -0.39 is 0 Å². The zero-order chi connectivity index (χ0) is 20.4. The fourth-order valence-electron chi connectivity index (χ4n) is 3.16. The van der Waals surface area contributed by atoms with Gasteiger partial charge in [0, 0.05) is 23.5 Å². The van der Waals surface area contributed by atoms with Crippen molar-refractivity contribution in [3.05, 3.63) is 51.1 Å². The van der Waals surface area contributed by atoms with Crippen LogP contribution in [0, 0.1) is 13.8 Å². The molecular formula is C20H21ClN2O4S. The van der Waals surface area contributed by atoms with Crippen molar-refractivity contribution in [2.24, 2.45) is 0 Å². The Balaban J connectivity index is 2.00. The number of ether oxygens (including phenoxy) is 2. The molecule has 2 heterocycles. The molecule has 0 unspecified atom stereocenters. The third-order valence-corrected chi connectivity index (χ3v) is 5.67. The summed E-state index contributed by atoms with van der Waals surface area (Å²) in [7, 11) is 3.14. The van der Waals surface area contributed by atoms with Crippen molar-refractivity contribution < 1.29 is 19.1 Å². The number of hydrogen-bond acceptors (Lipinski definition) is 5. The number of methoxy groups -OCH3 is 2. The zero-order valence-electron chi connectivity index (χ0n) is 16.1. The van der Waals surface area contributed by atoms with Crippen molar-refractivity contribution in [1.29, 1.82) is 0 Å². The monoisotopic (exact) mass is 420 g/mol. The van der Waals surface area contributed by atoms with E-state index in [1.54, 1.807) is 19.3 Å². The second kappa shape index (κ2) is 8.43. The van der Waals surface area contributed by atoms with E-state index in [0.29, 0.717) is 22.3 Å². The molecule has 1 aliphatic heterocycles. The fraction of sp³-hybridized carbons (Fsp3) is 0.300. The van der Waals surface area contributed by atoms with Gasteiger partial charge < -0.3 is 14.0 Å². The maximum atomic E-state index is 12.6. The van der Waals surface area contributed by atoms with Crippen molar-refractivity contribution in [1.82, 2.24) is 9.47 Å². The van der Waals surface area contributed by atoms with Crippen LogP contribution in [0.1, 0.15) is 17.0 Å². The number of aromatic nitrogens is 1. The Hall–Kier alpha value is -2.22. The molecule has 0 spiro atoms. The van der Waals surface area contributed by atoms with E-state index in [1.807, 2.05) is 36.6 Å². The molecule has 8 heteroatoms. The molecule has 0 aliphatic carbocycles. The van der Waals surface area contributed by atoms with E-state index >= 15 is 0 Å². The molecule has 0 atom stereocenters. The van der Waals surface area contributed by atoms with E-state index in [1.165, 1.54) is 12.0 Å². The highest BCUT2D eigenvalue weighted by Crippen LogP contribution is 2.35. The summed E-state index contributed by atoms with van der Waals surface area (Å²) in [5.41, 5.74) is 3.55. The van der Waals surface area contributed by atoms with Gasteiger partial charge in [0.05, 0.1) is 30.9 Å². The number of aryl methyl sites for hydroxylation is 1. The summed E-state index contributed by atoms with van der Waals surface area (Å²) in [4.78, 5) is 26.3. The number of carbonyl (C=O) groups is 2. The average molecular weight is 421 g/mol. The predicted molar refractivity (Wildman–Crippen MR) is 111 cm³/mol. The van der Waals surface area contributed by atoms with Crippen LogP contribution < -0.4 is 4.74 Å². The van der Waals surface area contributed by atoms with Gasteiger partial charge in [-0.3, -0.25) is 14.5 Å². The molecular weight excluding hydrogens is 400 g/mol. The topological polar surface area (TPSA) is 60.8 Å². The molecule has 1 aromatic carbocycles. The Labute approximate surface area is 173 Å². The maximum Gasteiger partial charge on any atom is 0.293 e. The summed E-state index contributed by atoms with van der Waals surface area (Å²) in [6, 6.07) is 7.40. The number of nitrogens with zero attached hydrogens (tertiary/aromatic N) is 2. The van der Waals surface area contributed by atoms with Crippen molar-refractivity contribution in [3.8, 4) is 11.4 Å². The third-order valence-electron chi connectivity index (χ3n) is 4.53. The number of imide groups is 1. The number of thioether (sulfide) groups is 1. The standard InChI is InChI=1S/C20H21ClN2O4S/c1-12-9-14(10-18-19(24)22(7-8-26-3)20(25)28-18)13(2)23(12)16-11-15(21)5-6-17(16)27-4/h5-6,9-11H,7-8H2,1-4H3/b18-10+. The molecule has 0 N–H and O–H groups in total. The molecule has 0 bridgehead atoms. The van der Waals surface area contributed by atoms with Gasteiger partial charge in [-0.2, -0.15) is 0 Å². The summed E-state index contributed by atoms with van der Waals surface area (Å²) in [5.74, 6) is 0.398. The Kier molecular flexibility index (Phi) is 6.17. The normalized spacial score (nSPS) is 15.8. The second-order valence-corrected chi connectivity index (χ2v) is 7.73. The lowest BCUT2D eigenvalue weighted by molar-refractivity contribution is -0.123. The summed E-state index contributed by atoms with van der Waals surface area (Å²) in [6.45, 7) is 4.48. The van der Waals surface area contributed by atoms with Crippen molar-refractivity contribution >= 4 is 40.6 Å². The lowest BCUT2D eigenvalue weighted by atomic mass is 10.2. The number of halogens is 1. The molecule has 148 valence electrons. The van der Waals surface area contributed by atoms with Gasteiger partial charge >= 0.3 is 0 Å². The minimum Gasteiger partial charge on any atom is -0.495 e. The molecule has 3 rings (SSSR count). The Morgan fingerprint density at radius 1 is 1.18 bits per heavy atom. The van der Waals surface area contributed by atoms with Crippen LogP contribution in [0.3, 0.4) is 0 Å². The minimum absolute atomic E-state index is 0.247. The van der Waals surface area contributed by atoms with Crippen molar-refractivity contribution in [2.45, 2.75) is 13.8 Å². The van der Waals surface area contributed by atoms with Crippen molar-refractivity contribution in [3.63, 3.8) is 0 Å². The maximum absolute atomic E-state index is 12.6. The van der Waals surface area contributed by atoms with Gasteiger partial charge in [0.25, 0.3) is 11.1 Å². The smallest absolute Gasteiger partial charge is 0.293 e. The van der Waals surface area contributed by atoms with Crippen LogP contribution in [0.15, 0.2) is 29.2 Å². The summed E-state index contributed by atoms with van der Waals surface area (Å²) in [6.07, 6.45) is 1.76. The molecule has 6 nitrogen and oxygen atoms in total. The minimum atomic E-state index is -0.294. The van der Waals surface area contributed by atoms with Crippen LogP contribution in [-0.4, -0.2) is 48.0 Å². The number of benzene rings is 1. The molecule has 1 fully saturated rings. The van der Waals surface area contributed by atoms with Crippen LogP contribution in [0.25, 0.3) is 11.8 Å². The highest BCUT2D eigenvalue weighted by atomic mass is 35.5. The molecule has 1 saturated heterocycles. The third kappa shape index (κ3) is 3.83. The Bertz CT molecular complexity index is 967. The first-order valence-corrected chi connectivity index (χ1v) is 9.84. The number of amides is 2. The molecule has 1 aliphatic rings. The Morgan fingerprint density at radius 2 is 1.93 bits per heavy atom. The molecule has 2 amide bonds. The van der Waals surface area contributed by atoms with Crippen molar-refractivity contribution in [2.75, 3.05) is 27.4 Å². The fourth-order valence-corrected chi connectivity index (χ4v) is 4.18. The van der Waals surface area contributed by atoms with Crippen LogP contribution in [0.2, 0.25) is 5.02 Å². The van der Waals surface area contributed by atoms with Crippen LogP contribution in [0.4, 0.5) is 4.79 Å². The lowest BCUT2D eigenvalue weighted by Gasteiger charge is -2.14. The SMILES string of the molecule is COCCN1C(=O)S/C(=C/c2cc(C)n(-c3cc(Cl)ccc3OC)c2C)C1=O. The molecule has 28 heavy (non-hydrogen) atoms. The first kappa shape index (κ1) is 20.5. The quantitative estimate of drug-likeness (QED) is 0.646. The van der Waals surface area contributed by atoms with E-state index in [9.17, 15) is 9.59 Å². The van der Waals surface area contributed by atoms with Gasteiger partial charge in [0.2, 0.25) is 0 Å². The molecule has 0 radical (unpaired) electrons. The first-order valence-electron chi connectivity index (χ1n) is 8.64. The van der Waals surface area contributed by atoms with E-state index in [4.69, 9.17) is 21.1 Å². The lowest BCUT2D eigenvalue weighted by Crippen LogP contribution is -2.31. The highest BCUT2D eigenvalue weighted by molar-refractivity contribution is 8.18. The number of carbonyl (C=O) groups excluding carboxylic acids is 2. The van der Waals surface area contributed by atoms with Gasteiger partial charge in [-0.15, -0.1) is 0 Å². The molecule has 2 aromatic rings. The molecule has 0 saturated carbocycles. The van der Waals surface area contributed by atoms with Gasteiger partial charge in [-0.1, -0.05) is 11.6 Å². The number of hydrogen-bond donors (Lipinski definition) is 0. The summed E-state index contributed by atoms with van der Waals surface area (Å²) >= 11 is 7.13. The molecule has 1 aromatic heterocycles. The zero-order valence-corrected chi connectivity index (χ0v) is 17.7. The second-order valence-electron chi connectivity index (χ2n) is 6.30. The summed E-state index contributed by atoms with van der Waals surface area (Å²) in [5, 5.41) is 0.322. The van der Waals surface area contributed by atoms with E-state index in [-0.39, 0.29) is 17.7 Å². The number of rotatable bonds is 6. The van der Waals surface area contributed by atoms with Gasteiger partial charge in [-0.05, 0) is 61.5 Å². The largest absolute Gasteiger partial charge is 0.495 e. The highest BCUT2D eigenvalue weighted by Gasteiger charge is 2.34. The van der Waals surface area contributed by atoms with Gasteiger partial charge in [0.15, 0.2) is 0 Å². The predicted octanol–water partition coefficient (Wildman–Crippen LogP) is 4.44. The van der Waals surface area contributed by atoms with Crippen LogP contribution in [-0.2, 0) is 9.53 Å². The summed E-state index contributed by atoms with van der Waals surface area (Å²) < 4.78 is 12.5. The average Bonchev–Trinajstić information content (AvgIpc) is 3.08. The Morgan fingerprint density at radius 3 is 2.61 bits per heavy atom. The van der Waals surface area contributed by atoms with Crippen LogP contribution in [0.5, 0.6) is 5.75 Å². The van der Waals surface area contributed by atoms with E-state index in [0.717, 1.165) is 34.4 Å². The first-order chi connectivity index (χ1) is 13.4.